The summed E-state index contributed by atoms with van der Waals surface area (Å²) in [5.41, 5.74) is 10.4. The van der Waals surface area contributed by atoms with Crippen LogP contribution in [0.1, 0.15) is 19.3 Å². The second-order valence-electron chi connectivity index (χ2n) is 2.23. The van der Waals surface area contributed by atoms with Gasteiger partial charge in [0.2, 0.25) is 0 Å². The first-order chi connectivity index (χ1) is 4.68. The van der Waals surface area contributed by atoms with Crippen LogP contribution in [-0.4, -0.2) is 46.7 Å². The van der Waals surface area contributed by atoms with E-state index in [1.54, 1.807) is 0 Å². The predicted molar refractivity (Wildman–Crippen MR) is 47.1 cm³/mol. The van der Waals surface area contributed by atoms with Crippen LogP contribution in [-0.2, 0) is 4.79 Å². The van der Waals surface area contributed by atoms with E-state index in [-0.39, 0.29) is 23.1 Å². The van der Waals surface area contributed by atoms with Crippen molar-refractivity contribution in [1.82, 2.24) is 0 Å². The molecule has 0 aromatic carbocycles. The van der Waals surface area contributed by atoms with Gasteiger partial charge in [-0.05, 0) is 19.4 Å². The monoisotopic (exact) mass is 172 g/mol. The van der Waals surface area contributed by atoms with Gasteiger partial charge in [-0.25, -0.2) is 0 Å². The fraction of sp³-hybridized carbons (Fsp3) is 0.833. The minimum Gasteiger partial charge on any atom is -0.480 e. The molecule has 5 heteroatoms. The van der Waals surface area contributed by atoms with Crippen LogP contribution in [0.5, 0.6) is 0 Å². The Hall–Kier alpha value is 0.156. The fourth-order valence-electron chi connectivity index (χ4n) is 0.632. The number of nitrogens with two attached hydrogens (primary N) is 2. The third-order valence-electron chi connectivity index (χ3n) is 1.29. The van der Waals surface area contributed by atoms with E-state index in [0.29, 0.717) is 13.0 Å². The molecule has 0 saturated heterocycles. The molecule has 0 aromatic heterocycles. The SMILES string of the molecule is NCCCCC(N)C(=O)O.[MgH2]. The molecule has 0 aliphatic rings. The molecular weight excluding hydrogens is 156 g/mol. The van der Waals surface area contributed by atoms with Gasteiger partial charge in [0, 0.05) is 0 Å². The Balaban J connectivity index is 0. The third kappa shape index (κ3) is 8.06. The molecule has 4 nitrogen and oxygen atoms in total. The van der Waals surface area contributed by atoms with E-state index < -0.39 is 12.0 Å². The molecule has 1 unspecified atom stereocenters. The molecule has 0 aliphatic heterocycles. The molecule has 0 amide bonds. The average Bonchev–Trinajstić information content (AvgIpc) is 1.88. The van der Waals surface area contributed by atoms with Crippen molar-refractivity contribution in [3.63, 3.8) is 0 Å². The zero-order chi connectivity index (χ0) is 7.98. The van der Waals surface area contributed by atoms with Gasteiger partial charge in [0.15, 0.2) is 0 Å². The van der Waals surface area contributed by atoms with Crippen LogP contribution in [0.3, 0.4) is 0 Å². The smallest absolute Gasteiger partial charge is 0.320 e. The summed E-state index contributed by atoms with van der Waals surface area (Å²) in [4.78, 5) is 10.1. The normalized spacial score (nSPS) is 11.8. The van der Waals surface area contributed by atoms with Crippen LogP contribution in [0.2, 0.25) is 0 Å². The van der Waals surface area contributed by atoms with Crippen molar-refractivity contribution in [3.8, 4) is 0 Å². The lowest BCUT2D eigenvalue weighted by Gasteiger charge is -2.03. The van der Waals surface area contributed by atoms with Gasteiger partial charge in [0.1, 0.15) is 6.04 Å². The van der Waals surface area contributed by atoms with E-state index in [1.807, 2.05) is 0 Å². The predicted octanol–water partition coefficient (Wildman–Crippen LogP) is -1.39. The van der Waals surface area contributed by atoms with Crippen molar-refractivity contribution >= 4 is 29.0 Å². The van der Waals surface area contributed by atoms with Gasteiger partial charge in [-0.2, -0.15) is 0 Å². The Bertz CT molecular complexity index is 111. The van der Waals surface area contributed by atoms with Crippen molar-refractivity contribution in [2.45, 2.75) is 25.3 Å². The quantitative estimate of drug-likeness (QED) is 0.352. The molecule has 0 heterocycles. The second-order valence-corrected chi connectivity index (χ2v) is 2.23. The summed E-state index contributed by atoms with van der Waals surface area (Å²) in [6.45, 7) is 0.604. The number of carboxylic acid groups (broad SMARTS) is 1. The minimum absolute atomic E-state index is 0. The highest BCUT2D eigenvalue weighted by atomic mass is 24.3. The number of hydrogen-bond donors (Lipinski definition) is 3. The maximum absolute atomic E-state index is 10.1. The highest BCUT2D eigenvalue weighted by molar-refractivity contribution is 5.75. The number of aliphatic carboxylic acids is 1. The zero-order valence-corrected chi connectivity index (χ0v) is 5.92. The van der Waals surface area contributed by atoms with Crippen LogP contribution < -0.4 is 11.5 Å². The Labute approximate surface area is 82.5 Å². The van der Waals surface area contributed by atoms with E-state index in [2.05, 4.69) is 0 Å². The van der Waals surface area contributed by atoms with Crippen molar-refractivity contribution in [1.29, 1.82) is 0 Å². The number of rotatable bonds is 5. The van der Waals surface area contributed by atoms with Crippen molar-refractivity contribution < 1.29 is 9.90 Å². The largest absolute Gasteiger partial charge is 0.480 e. The molecule has 0 rings (SSSR count). The maximum Gasteiger partial charge on any atom is 0.320 e. The summed E-state index contributed by atoms with van der Waals surface area (Å²) in [6, 6.07) is -0.716. The lowest BCUT2D eigenvalue weighted by Crippen LogP contribution is -2.29. The Morgan fingerprint density at radius 2 is 2.00 bits per heavy atom. The van der Waals surface area contributed by atoms with Gasteiger partial charge < -0.3 is 16.6 Å². The fourth-order valence-corrected chi connectivity index (χ4v) is 0.632. The van der Waals surface area contributed by atoms with Gasteiger partial charge in [-0.15, -0.1) is 0 Å². The summed E-state index contributed by atoms with van der Waals surface area (Å²) < 4.78 is 0. The molecule has 64 valence electrons. The van der Waals surface area contributed by atoms with E-state index >= 15 is 0 Å². The van der Waals surface area contributed by atoms with Crippen LogP contribution in [0.25, 0.3) is 0 Å². The molecule has 5 N–H and O–H groups in total. The van der Waals surface area contributed by atoms with Gasteiger partial charge in [0.05, 0.1) is 0 Å². The highest BCUT2D eigenvalue weighted by Gasteiger charge is 2.09. The van der Waals surface area contributed by atoms with E-state index in [4.69, 9.17) is 16.6 Å². The van der Waals surface area contributed by atoms with Crippen molar-refractivity contribution in [3.05, 3.63) is 0 Å². The topological polar surface area (TPSA) is 89.3 Å². The van der Waals surface area contributed by atoms with E-state index in [9.17, 15) is 4.79 Å². The van der Waals surface area contributed by atoms with Gasteiger partial charge in [0.25, 0.3) is 0 Å². The van der Waals surface area contributed by atoms with Crippen molar-refractivity contribution in [2.75, 3.05) is 6.54 Å². The Morgan fingerprint density at radius 3 is 2.36 bits per heavy atom. The molecule has 0 radical (unpaired) electrons. The van der Waals surface area contributed by atoms with Gasteiger partial charge >= 0.3 is 29.0 Å². The highest BCUT2D eigenvalue weighted by Crippen LogP contribution is 1.96. The summed E-state index contributed by atoms with van der Waals surface area (Å²) in [7, 11) is 0. The summed E-state index contributed by atoms with van der Waals surface area (Å²) in [5, 5.41) is 8.33. The molecule has 0 fully saturated rings. The average molecular weight is 173 g/mol. The first-order valence-electron chi connectivity index (χ1n) is 3.37. The number of carboxylic acids is 1. The second kappa shape index (κ2) is 8.25. The molecule has 0 saturated carbocycles. The summed E-state index contributed by atoms with van der Waals surface area (Å²) in [6.07, 6.45) is 2.16. The lowest BCUT2D eigenvalue weighted by molar-refractivity contribution is -0.138. The molecule has 0 spiro atoms. The lowest BCUT2D eigenvalue weighted by atomic mass is 10.1. The van der Waals surface area contributed by atoms with Crippen LogP contribution in [0.15, 0.2) is 0 Å². The first kappa shape index (κ1) is 13.7. The molecular formula is C6H16MgN2O2. The standard InChI is InChI=1S/C6H14N2O2.Mg.2H/c7-4-2-1-3-5(8)6(9)10;;;/h5H,1-4,7-8H2,(H,9,10);;;. The van der Waals surface area contributed by atoms with E-state index in [0.717, 1.165) is 12.8 Å². The first-order valence-corrected chi connectivity index (χ1v) is 3.37. The number of carbonyl (C=O) groups is 1. The van der Waals surface area contributed by atoms with Crippen LogP contribution in [0, 0.1) is 0 Å². The molecule has 1 atom stereocenters. The minimum atomic E-state index is -0.933. The van der Waals surface area contributed by atoms with Crippen LogP contribution in [0.4, 0.5) is 0 Å². The third-order valence-corrected chi connectivity index (χ3v) is 1.29. The Morgan fingerprint density at radius 1 is 1.45 bits per heavy atom. The summed E-state index contributed by atoms with van der Waals surface area (Å²) in [5.74, 6) is -0.933. The van der Waals surface area contributed by atoms with Gasteiger partial charge in [-0.1, -0.05) is 6.42 Å². The summed E-state index contributed by atoms with van der Waals surface area (Å²) >= 11 is 0. The van der Waals surface area contributed by atoms with Crippen LogP contribution >= 0.6 is 0 Å². The molecule has 11 heavy (non-hydrogen) atoms. The van der Waals surface area contributed by atoms with Gasteiger partial charge in [-0.3, -0.25) is 4.79 Å². The maximum atomic E-state index is 10.1. The molecule has 0 bridgehead atoms. The number of unbranched alkanes of at least 4 members (excludes halogenated alkanes) is 1. The Kier molecular flexibility index (Phi) is 10.3. The molecule has 0 aromatic rings. The molecule has 0 aliphatic carbocycles. The zero-order valence-electron chi connectivity index (χ0n) is 5.92. The van der Waals surface area contributed by atoms with Crippen molar-refractivity contribution in [2.24, 2.45) is 11.5 Å². The van der Waals surface area contributed by atoms with E-state index in [1.165, 1.54) is 0 Å². The number of hydrogen-bond acceptors (Lipinski definition) is 3.